The van der Waals surface area contributed by atoms with E-state index in [9.17, 15) is 9.59 Å². The Hall–Kier alpha value is -2.57. The quantitative estimate of drug-likeness (QED) is 0.901. The third kappa shape index (κ3) is 2.94. The van der Waals surface area contributed by atoms with E-state index < -0.39 is 5.60 Å². The number of nitrogens with zero attached hydrogens (tertiary/aromatic N) is 3. The molecule has 2 aromatic heterocycles. The van der Waals surface area contributed by atoms with E-state index in [1.165, 1.54) is 0 Å². The van der Waals surface area contributed by atoms with Crippen LogP contribution in [0.2, 0.25) is 0 Å². The highest BCUT2D eigenvalue weighted by molar-refractivity contribution is 5.78. The zero-order chi connectivity index (χ0) is 17.4. The largest absolute Gasteiger partial charge is 0.441 e. The van der Waals surface area contributed by atoms with Gasteiger partial charge in [-0.1, -0.05) is 6.07 Å². The van der Waals surface area contributed by atoms with Gasteiger partial charge in [0, 0.05) is 31.9 Å². The Morgan fingerprint density at radius 1 is 1.40 bits per heavy atom. The van der Waals surface area contributed by atoms with Gasteiger partial charge in [-0.25, -0.2) is 9.78 Å². The molecule has 7 nitrogen and oxygen atoms in total. The molecule has 0 aromatic carbocycles. The van der Waals surface area contributed by atoms with Crippen LogP contribution in [0.1, 0.15) is 30.5 Å². The van der Waals surface area contributed by atoms with Gasteiger partial charge in [0.05, 0.1) is 18.7 Å². The van der Waals surface area contributed by atoms with E-state index in [4.69, 9.17) is 4.74 Å². The van der Waals surface area contributed by atoms with Crippen molar-refractivity contribution in [3.63, 3.8) is 0 Å². The number of hydrogen-bond acceptors (Lipinski definition) is 4. The number of fused-ring (bicyclic) bond motifs is 1. The average Bonchev–Trinajstić information content (AvgIpc) is 3.09. The second kappa shape index (κ2) is 6.06. The van der Waals surface area contributed by atoms with Crippen LogP contribution in [0, 0.1) is 6.92 Å². The van der Waals surface area contributed by atoms with Crippen LogP contribution in [0.15, 0.2) is 24.5 Å². The van der Waals surface area contributed by atoms with E-state index in [1.807, 2.05) is 34.6 Å². The van der Waals surface area contributed by atoms with Crippen molar-refractivity contribution in [3.8, 4) is 0 Å². The number of likely N-dealkylation sites (tertiary alicyclic amines) is 1. The highest BCUT2D eigenvalue weighted by Crippen LogP contribution is 2.29. The van der Waals surface area contributed by atoms with Crippen molar-refractivity contribution in [2.75, 3.05) is 19.6 Å². The topological polar surface area (TPSA) is 75.9 Å². The molecule has 4 rings (SSSR count). The fourth-order valence-electron chi connectivity index (χ4n) is 3.80. The molecule has 2 aliphatic heterocycles. The number of carbonyl (C=O) groups is 2. The third-order valence-corrected chi connectivity index (χ3v) is 5.25. The number of alkyl carbamates (subject to hydrolysis) is 1. The van der Waals surface area contributed by atoms with Crippen LogP contribution >= 0.6 is 0 Å². The monoisotopic (exact) mass is 342 g/mol. The number of amides is 2. The first-order chi connectivity index (χ1) is 12.1. The second-order valence-electron chi connectivity index (χ2n) is 6.97. The lowest BCUT2D eigenvalue weighted by atomic mass is 9.95. The molecule has 1 atom stereocenters. The minimum Gasteiger partial charge on any atom is -0.441 e. The molecule has 2 amide bonds. The van der Waals surface area contributed by atoms with Crippen LogP contribution in [0.3, 0.4) is 0 Å². The summed E-state index contributed by atoms with van der Waals surface area (Å²) in [5, 5.41) is 2.74. The predicted octanol–water partition coefficient (Wildman–Crippen LogP) is 1.68. The summed E-state index contributed by atoms with van der Waals surface area (Å²) in [6.07, 6.45) is 6.03. The first kappa shape index (κ1) is 15.9. The van der Waals surface area contributed by atoms with E-state index >= 15 is 0 Å². The Kier molecular flexibility index (Phi) is 3.86. The number of rotatable bonds is 2. The van der Waals surface area contributed by atoms with Gasteiger partial charge in [-0.2, -0.15) is 0 Å². The molecule has 1 spiro atoms. The van der Waals surface area contributed by atoms with E-state index in [1.54, 1.807) is 6.20 Å². The van der Waals surface area contributed by atoms with Crippen molar-refractivity contribution in [1.82, 2.24) is 19.6 Å². The van der Waals surface area contributed by atoms with Gasteiger partial charge in [0.1, 0.15) is 11.2 Å². The Bertz CT molecular complexity index is 831. The maximum Gasteiger partial charge on any atom is 0.407 e. The van der Waals surface area contributed by atoms with Gasteiger partial charge in [-0.05, 0) is 31.4 Å². The zero-order valence-electron chi connectivity index (χ0n) is 14.3. The van der Waals surface area contributed by atoms with Gasteiger partial charge >= 0.3 is 6.09 Å². The molecule has 0 saturated carbocycles. The number of hydrogen-bond donors (Lipinski definition) is 1. The molecule has 0 radical (unpaired) electrons. The van der Waals surface area contributed by atoms with Crippen molar-refractivity contribution < 1.29 is 14.3 Å². The molecule has 2 fully saturated rings. The lowest BCUT2D eigenvalue weighted by Crippen LogP contribution is -2.37. The highest BCUT2D eigenvalue weighted by atomic mass is 16.6. The van der Waals surface area contributed by atoms with Crippen molar-refractivity contribution in [2.45, 2.75) is 38.2 Å². The fourth-order valence-corrected chi connectivity index (χ4v) is 3.80. The maximum absolute atomic E-state index is 12.8. The zero-order valence-corrected chi connectivity index (χ0v) is 14.3. The van der Waals surface area contributed by atoms with Gasteiger partial charge in [-0.15, -0.1) is 0 Å². The summed E-state index contributed by atoms with van der Waals surface area (Å²) >= 11 is 0. The van der Waals surface area contributed by atoms with Gasteiger partial charge in [0.25, 0.3) is 0 Å². The van der Waals surface area contributed by atoms with Crippen molar-refractivity contribution in [3.05, 3.63) is 35.8 Å². The molecule has 2 aliphatic rings. The number of nitrogens with one attached hydrogen (secondary N) is 1. The number of carbonyl (C=O) groups excluding carboxylic acids is 2. The molecular formula is C18H22N4O3. The van der Waals surface area contributed by atoms with E-state index in [2.05, 4.69) is 10.3 Å². The number of ether oxygens (including phenoxy) is 1. The third-order valence-electron chi connectivity index (χ3n) is 5.25. The summed E-state index contributed by atoms with van der Waals surface area (Å²) in [4.78, 5) is 30.5. The molecular weight excluding hydrogens is 320 g/mol. The first-order valence-corrected chi connectivity index (χ1v) is 8.73. The summed E-state index contributed by atoms with van der Waals surface area (Å²) in [6, 6.07) is 3.98. The Balaban J connectivity index is 1.46. The van der Waals surface area contributed by atoms with Gasteiger partial charge < -0.3 is 19.4 Å². The predicted molar refractivity (Wildman–Crippen MR) is 91.3 cm³/mol. The average molecular weight is 342 g/mol. The van der Waals surface area contributed by atoms with Gasteiger partial charge in [-0.3, -0.25) is 4.79 Å². The first-order valence-electron chi connectivity index (χ1n) is 8.73. The lowest BCUT2D eigenvalue weighted by molar-refractivity contribution is -0.130. The Morgan fingerprint density at radius 2 is 2.28 bits per heavy atom. The minimum atomic E-state index is -0.438. The number of imidazole rings is 1. The highest BCUT2D eigenvalue weighted by Gasteiger charge is 2.41. The molecule has 0 bridgehead atoms. The summed E-state index contributed by atoms with van der Waals surface area (Å²) in [5.74, 6) is 0.0950. The summed E-state index contributed by atoms with van der Waals surface area (Å²) in [7, 11) is 0. The molecule has 2 saturated heterocycles. The molecule has 4 heterocycles. The lowest BCUT2D eigenvalue weighted by Gasteiger charge is -2.25. The number of aromatic nitrogens is 2. The molecule has 7 heteroatoms. The van der Waals surface area contributed by atoms with Gasteiger partial charge in [0.15, 0.2) is 0 Å². The molecule has 0 aliphatic carbocycles. The molecule has 1 N–H and O–H groups in total. The molecule has 25 heavy (non-hydrogen) atoms. The summed E-state index contributed by atoms with van der Waals surface area (Å²) in [5.41, 5.74) is 2.45. The summed E-state index contributed by atoms with van der Waals surface area (Å²) in [6.45, 7) is 3.87. The van der Waals surface area contributed by atoms with Crippen LogP contribution in [0.25, 0.3) is 5.65 Å². The van der Waals surface area contributed by atoms with Crippen molar-refractivity contribution in [2.24, 2.45) is 0 Å². The van der Waals surface area contributed by atoms with E-state index in [0.717, 1.165) is 29.7 Å². The van der Waals surface area contributed by atoms with Crippen LogP contribution in [0.5, 0.6) is 0 Å². The molecule has 132 valence electrons. The SMILES string of the molecule is Cc1cccn2c(CC(=O)N3CCC[C@]4(CC3)CNC(=O)O4)cnc12. The Morgan fingerprint density at radius 3 is 3.08 bits per heavy atom. The van der Waals surface area contributed by atoms with Crippen molar-refractivity contribution >= 4 is 17.6 Å². The van der Waals surface area contributed by atoms with Crippen LogP contribution in [0.4, 0.5) is 4.79 Å². The standard InChI is InChI=1S/C18H22N4O3/c1-13-4-2-8-22-14(11-19-16(13)22)10-15(23)21-7-3-5-18(6-9-21)12-20-17(24)25-18/h2,4,8,11H,3,5-7,9-10,12H2,1H3,(H,20,24)/t18-/m0/s1. The number of aryl methyl sites for hydroxylation is 1. The van der Waals surface area contributed by atoms with Crippen LogP contribution in [-0.4, -0.2) is 51.5 Å². The van der Waals surface area contributed by atoms with Crippen molar-refractivity contribution in [1.29, 1.82) is 0 Å². The maximum atomic E-state index is 12.8. The molecule has 0 unspecified atom stereocenters. The van der Waals surface area contributed by atoms with Crippen LogP contribution < -0.4 is 5.32 Å². The minimum absolute atomic E-state index is 0.0950. The second-order valence-corrected chi connectivity index (χ2v) is 6.97. The van der Waals surface area contributed by atoms with E-state index in [0.29, 0.717) is 32.5 Å². The normalized spacial score (nSPS) is 23.6. The fraction of sp³-hybridized carbons (Fsp3) is 0.500. The Labute approximate surface area is 146 Å². The summed E-state index contributed by atoms with van der Waals surface area (Å²) < 4.78 is 7.45. The van der Waals surface area contributed by atoms with E-state index in [-0.39, 0.29) is 12.0 Å². The smallest absolute Gasteiger partial charge is 0.407 e. The molecule has 2 aromatic rings. The van der Waals surface area contributed by atoms with Crippen LogP contribution in [-0.2, 0) is 16.0 Å². The number of pyridine rings is 1. The van der Waals surface area contributed by atoms with Gasteiger partial charge in [0.2, 0.25) is 5.91 Å².